The van der Waals surface area contributed by atoms with Gasteiger partial charge < -0.3 is 10.2 Å². The van der Waals surface area contributed by atoms with Crippen LogP contribution in [0.3, 0.4) is 0 Å². The van der Waals surface area contributed by atoms with Gasteiger partial charge in [-0.3, -0.25) is 0 Å². The first kappa shape index (κ1) is 13.9. The standard InChI is InChI=1S/C16H24N2O/c1-13-6-8-15(9-7-13)10-11-17-16(19)18-12-4-3-5-14(18)2/h6-9,14H,3-5,10-12H2,1-2H3,(H,17,19). The maximum absolute atomic E-state index is 12.1. The summed E-state index contributed by atoms with van der Waals surface area (Å²) in [6.07, 6.45) is 4.41. The lowest BCUT2D eigenvalue weighted by Gasteiger charge is -2.33. The van der Waals surface area contributed by atoms with Crippen LogP contribution in [0.25, 0.3) is 0 Å². The summed E-state index contributed by atoms with van der Waals surface area (Å²) in [6.45, 7) is 5.84. The Balaban J connectivity index is 1.75. The normalized spacial score (nSPS) is 19.3. The number of rotatable bonds is 3. The molecule has 0 aliphatic carbocycles. The van der Waals surface area contributed by atoms with Crippen molar-refractivity contribution in [3.05, 3.63) is 35.4 Å². The summed E-state index contributed by atoms with van der Waals surface area (Å²) in [5.41, 5.74) is 2.55. The highest BCUT2D eigenvalue weighted by atomic mass is 16.2. The zero-order valence-corrected chi connectivity index (χ0v) is 12.0. The summed E-state index contributed by atoms with van der Waals surface area (Å²) in [7, 11) is 0. The maximum atomic E-state index is 12.1. The predicted octanol–water partition coefficient (Wildman–Crippen LogP) is 3.12. The lowest BCUT2D eigenvalue weighted by atomic mass is 10.0. The van der Waals surface area contributed by atoms with Gasteiger partial charge in [-0.25, -0.2) is 4.79 Å². The molecule has 0 spiro atoms. The van der Waals surface area contributed by atoms with Crippen LogP contribution in [0.4, 0.5) is 4.79 Å². The van der Waals surface area contributed by atoms with Crippen LogP contribution in [0.2, 0.25) is 0 Å². The van der Waals surface area contributed by atoms with E-state index >= 15 is 0 Å². The van der Waals surface area contributed by atoms with Crippen molar-refractivity contribution in [2.24, 2.45) is 0 Å². The Morgan fingerprint density at radius 2 is 2.05 bits per heavy atom. The molecule has 2 rings (SSSR count). The van der Waals surface area contributed by atoms with Gasteiger partial charge in [-0.1, -0.05) is 29.8 Å². The molecule has 1 aliphatic heterocycles. The van der Waals surface area contributed by atoms with Crippen LogP contribution in [0.5, 0.6) is 0 Å². The van der Waals surface area contributed by atoms with E-state index in [4.69, 9.17) is 0 Å². The van der Waals surface area contributed by atoms with E-state index in [0.29, 0.717) is 12.6 Å². The minimum Gasteiger partial charge on any atom is -0.338 e. The van der Waals surface area contributed by atoms with Crippen LogP contribution in [-0.4, -0.2) is 30.1 Å². The number of nitrogens with zero attached hydrogens (tertiary/aromatic N) is 1. The molecule has 0 radical (unpaired) electrons. The van der Waals surface area contributed by atoms with E-state index in [1.807, 2.05) is 4.90 Å². The summed E-state index contributed by atoms with van der Waals surface area (Å²) in [5.74, 6) is 0. The smallest absolute Gasteiger partial charge is 0.317 e. The van der Waals surface area contributed by atoms with E-state index in [9.17, 15) is 4.79 Å². The van der Waals surface area contributed by atoms with Gasteiger partial charge in [-0.15, -0.1) is 0 Å². The van der Waals surface area contributed by atoms with E-state index in [1.165, 1.54) is 17.5 Å². The number of piperidine rings is 1. The van der Waals surface area contributed by atoms with Crippen molar-refractivity contribution in [1.29, 1.82) is 0 Å². The SMILES string of the molecule is Cc1ccc(CCNC(=O)N2CCCCC2C)cc1. The first-order chi connectivity index (χ1) is 9.16. The van der Waals surface area contributed by atoms with E-state index in [0.717, 1.165) is 25.8 Å². The summed E-state index contributed by atoms with van der Waals surface area (Å²) in [6, 6.07) is 8.97. The molecular formula is C16H24N2O. The summed E-state index contributed by atoms with van der Waals surface area (Å²) in [5, 5.41) is 3.03. The molecule has 1 unspecified atom stereocenters. The first-order valence-corrected chi connectivity index (χ1v) is 7.27. The molecule has 104 valence electrons. The van der Waals surface area contributed by atoms with Crippen molar-refractivity contribution in [3.63, 3.8) is 0 Å². The second-order valence-electron chi connectivity index (χ2n) is 5.51. The van der Waals surface area contributed by atoms with E-state index in [2.05, 4.69) is 43.4 Å². The average molecular weight is 260 g/mol. The van der Waals surface area contributed by atoms with Gasteiger partial charge in [-0.05, 0) is 45.1 Å². The highest BCUT2D eigenvalue weighted by Gasteiger charge is 2.22. The van der Waals surface area contributed by atoms with Crippen molar-refractivity contribution >= 4 is 6.03 Å². The molecule has 1 atom stereocenters. The number of aryl methyl sites for hydroxylation is 1. The Kier molecular flexibility index (Phi) is 4.83. The number of carbonyl (C=O) groups excluding carboxylic acids is 1. The fraction of sp³-hybridized carbons (Fsp3) is 0.562. The molecule has 1 aliphatic rings. The number of hydrogen-bond acceptors (Lipinski definition) is 1. The van der Waals surface area contributed by atoms with Crippen molar-refractivity contribution in [2.45, 2.75) is 45.6 Å². The molecule has 0 aromatic heterocycles. The van der Waals surface area contributed by atoms with Gasteiger partial charge in [0.2, 0.25) is 0 Å². The molecule has 1 aromatic carbocycles. The zero-order valence-electron chi connectivity index (χ0n) is 12.0. The quantitative estimate of drug-likeness (QED) is 0.889. The number of urea groups is 1. The van der Waals surface area contributed by atoms with Crippen molar-refractivity contribution in [3.8, 4) is 0 Å². The minimum absolute atomic E-state index is 0.0966. The average Bonchev–Trinajstić information content (AvgIpc) is 2.41. The first-order valence-electron chi connectivity index (χ1n) is 7.27. The van der Waals surface area contributed by atoms with E-state index in [1.54, 1.807) is 0 Å². The molecule has 3 heteroatoms. The van der Waals surface area contributed by atoms with E-state index in [-0.39, 0.29) is 6.03 Å². The van der Waals surface area contributed by atoms with Gasteiger partial charge in [-0.2, -0.15) is 0 Å². The second kappa shape index (κ2) is 6.60. The van der Waals surface area contributed by atoms with E-state index < -0.39 is 0 Å². The van der Waals surface area contributed by atoms with Crippen molar-refractivity contribution < 1.29 is 4.79 Å². The molecule has 0 saturated carbocycles. The molecule has 1 N–H and O–H groups in total. The molecule has 1 aromatic rings. The summed E-state index contributed by atoms with van der Waals surface area (Å²) < 4.78 is 0. The van der Waals surface area contributed by atoms with Crippen LogP contribution in [-0.2, 0) is 6.42 Å². The fourth-order valence-corrected chi connectivity index (χ4v) is 2.57. The second-order valence-corrected chi connectivity index (χ2v) is 5.51. The van der Waals surface area contributed by atoms with Gasteiger partial charge in [0.05, 0.1) is 0 Å². The van der Waals surface area contributed by atoms with Crippen LogP contribution in [0.1, 0.15) is 37.3 Å². The van der Waals surface area contributed by atoms with Gasteiger partial charge in [0, 0.05) is 19.1 Å². The van der Waals surface area contributed by atoms with Gasteiger partial charge in [0.25, 0.3) is 0 Å². The number of nitrogens with one attached hydrogen (secondary N) is 1. The molecule has 19 heavy (non-hydrogen) atoms. The zero-order chi connectivity index (χ0) is 13.7. The number of benzene rings is 1. The topological polar surface area (TPSA) is 32.3 Å². The van der Waals surface area contributed by atoms with Gasteiger partial charge in [0.15, 0.2) is 0 Å². The Morgan fingerprint density at radius 3 is 2.74 bits per heavy atom. The number of carbonyl (C=O) groups is 1. The Labute approximate surface area is 116 Å². The molecule has 3 nitrogen and oxygen atoms in total. The van der Waals surface area contributed by atoms with Crippen LogP contribution in [0, 0.1) is 6.92 Å². The predicted molar refractivity (Wildman–Crippen MR) is 78.3 cm³/mol. The molecular weight excluding hydrogens is 236 g/mol. The molecule has 0 bridgehead atoms. The lowest BCUT2D eigenvalue weighted by molar-refractivity contribution is 0.158. The number of likely N-dealkylation sites (tertiary alicyclic amines) is 1. The number of hydrogen-bond donors (Lipinski definition) is 1. The molecule has 1 fully saturated rings. The van der Waals surface area contributed by atoms with Crippen molar-refractivity contribution in [2.75, 3.05) is 13.1 Å². The Hall–Kier alpha value is -1.51. The molecule has 1 saturated heterocycles. The Bertz CT molecular complexity index is 413. The third-order valence-electron chi connectivity index (χ3n) is 3.87. The highest BCUT2D eigenvalue weighted by molar-refractivity contribution is 5.74. The summed E-state index contributed by atoms with van der Waals surface area (Å²) in [4.78, 5) is 14.0. The van der Waals surface area contributed by atoms with Crippen LogP contribution < -0.4 is 5.32 Å². The van der Waals surface area contributed by atoms with Gasteiger partial charge >= 0.3 is 6.03 Å². The summed E-state index contributed by atoms with van der Waals surface area (Å²) >= 11 is 0. The van der Waals surface area contributed by atoms with Gasteiger partial charge in [0.1, 0.15) is 0 Å². The van der Waals surface area contributed by atoms with Crippen LogP contribution >= 0.6 is 0 Å². The third-order valence-corrected chi connectivity index (χ3v) is 3.87. The lowest BCUT2D eigenvalue weighted by Crippen LogP contribution is -2.47. The van der Waals surface area contributed by atoms with Crippen LogP contribution in [0.15, 0.2) is 24.3 Å². The molecule has 2 amide bonds. The third kappa shape index (κ3) is 3.98. The monoisotopic (exact) mass is 260 g/mol. The minimum atomic E-state index is 0.0966. The maximum Gasteiger partial charge on any atom is 0.317 e. The number of amides is 2. The Morgan fingerprint density at radius 1 is 1.32 bits per heavy atom. The van der Waals surface area contributed by atoms with Crippen molar-refractivity contribution in [1.82, 2.24) is 10.2 Å². The largest absolute Gasteiger partial charge is 0.338 e. The molecule has 1 heterocycles. The fourth-order valence-electron chi connectivity index (χ4n) is 2.57. The highest BCUT2D eigenvalue weighted by Crippen LogP contribution is 2.16.